The molecule has 588 valence electrons. The minimum Gasteiger partial charge on any atom is -0.435 e. The topological polar surface area (TPSA) is 312 Å². The molecular weight excluding hydrogens is 1570 g/mol. The van der Waals surface area contributed by atoms with Gasteiger partial charge in [-0.25, -0.2) is 19.9 Å². The Kier molecular flexibility index (Phi) is 22.3. The third kappa shape index (κ3) is 17.5. The highest BCUT2D eigenvalue weighted by Crippen LogP contribution is 2.37. The minimum absolute atomic E-state index is 0.00288. The van der Waals surface area contributed by atoms with Crippen LogP contribution >= 0.6 is 45.3 Å². The van der Waals surface area contributed by atoms with Gasteiger partial charge in [-0.15, -0.1) is 70.8 Å². The lowest BCUT2D eigenvalue weighted by Gasteiger charge is -2.10. The predicted molar refractivity (Wildman–Crippen MR) is 442 cm³/mol. The molecule has 25 nitrogen and oxygen atoms in total. The van der Waals surface area contributed by atoms with Crippen LogP contribution in [0.3, 0.4) is 0 Å². The van der Waals surface area contributed by atoms with Gasteiger partial charge in [0.25, 0.3) is 46.7 Å². The van der Waals surface area contributed by atoms with Crippen LogP contribution in [0, 0.1) is 23.7 Å². The maximum absolute atomic E-state index is 12.8. The second kappa shape index (κ2) is 34.0. The van der Waals surface area contributed by atoms with E-state index in [4.69, 9.17) is 17.7 Å². The van der Waals surface area contributed by atoms with Crippen LogP contribution in [0.4, 0.5) is 26.8 Å². The Balaban J connectivity index is 0.000000112. The highest BCUT2D eigenvalue weighted by Gasteiger charge is 2.33. The molecule has 0 unspecified atom stereocenters. The third-order valence-corrected chi connectivity index (χ3v) is 24.6. The SMILES string of the molecule is C[C@@H]1CCN(c2nnc(C(=O)c3nc4ccc(-c5ccccc5)cc4s3)o2)C1.C[C@H]1CCN(c2nnc(C(=O)c3nc4ccc(-c5ccccc5)cc4s3)o2)C1.C[C@H]1CCN(c2nnc(C(=O)c3nc4ccc(-c5ccccc5)cc4s3)o2)C1.O=C(c1nnc(C[C@H]2CCCC2=O)o1)c1nc2ccc(-c3ccc(OC(F)F)cc3)cc2s1. The van der Waals surface area contributed by atoms with Gasteiger partial charge in [-0.1, -0.05) is 163 Å². The van der Waals surface area contributed by atoms with E-state index in [0.29, 0.717) is 69.2 Å². The van der Waals surface area contributed by atoms with E-state index in [1.165, 1.54) is 57.5 Å². The van der Waals surface area contributed by atoms with E-state index in [1.807, 2.05) is 118 Å². The molecule has 0 N–H and O–H groups in total. The smallest absolute Gasteiger partial charge is 0.387 e. The number of thiazole rings is 4. The van der Waals surface area contributed by atoms with Gasteiger partial charge in [0.1, 0.15) is 11.5 Å². The standard InChI is InChI=1S/C23H17F2N3O4S.3C21H18N4O2S/c24-23(25)31-15-7-4-12(5-8-15)13-6-9-16-18(10-13)33-22(26-16)20(30)21-28-27-19(32-21)11-14-2-1-3-17(14)29;3*1-13-9-10-25(12-13)21-24-23-19(27-21)18(26)20-22-16-8-7-15(11-17(16)28-20)14-5-3-2-4-6-14/h4-10,14,23H,1-3,11H2;3*2-8,11,13H,9-10,12H2,1H3/t14-;3*13-/m1100/s1. The summed E-state index contributed by atoms with van der Waals surface area (Å²) in [5.74, 6) is 0.605. The van der Waals surface area contributed by atoms with Gasteiger partial charge in [0.2, 0.25) is 5.89 Å². The predicted octanol–water partition coefficient (Wildman–Crippen LogP) is 18.4. The summed E-state index contributed by atoms with van der Waals surface area (Å²) in [4.78, 5) is 86.9. The zero-order chi connectivity index (χ0) is 80.2. The van der Waals surface area contributed by atoms with Crippen LogP contribution in [-0.2, 0) is 11.2 Å². The average molecular weight is 1640 g/mol. The monoisotopic (exact) mass is 1640 g/mol. The van der Waals surface area contributed by atoms with E-state index in [1.54, 1.807) is 18.2 Å². The maximum atomic E-state index is 12.8. The molecule has 1 aliphatic carbocycles. The molecule has 20 rings (SSSR count). The summed E-state index contributed by atoms with van der Waals surface area (Å²) < 4.78 is 55.1. The molecular formula is C86H71F2N15O10S4. The highest BCUT2D eigenvalue weighted by molar-refractivity contribution is 7.21. The van der Waals surface area contributed by atoms with Crippen LogP contribution < -0.4 is 19.4 Å². The Labute approximate surface area is 682 Å². The number of hydrogen-bond acceptors (Lipinski definition) is 29. The maximum Gasteiger partial charge on any atom is 0.387 e. The molecule has 0 radical (unpaired) electrons. The number of nitrogens with zero attached hydrogens (tertiary/aromatic N) is 15. The number of ether oxygens (including phenoxy) is 1. The van der Waals surface area contributed by atoms with Crippen LogP contribution in [-0.4, -0.2) is 136 Å². The molecule has 8 aromatic carbocycles. The van der Waals surface area contributed by atoms with Gasteiger partial charge < -0.3 is 37.1 Å². The molecule has 4 aliphatic rings. The van der Waals surface area contributed by atoms with Gasteiger partial charge in [-0.2, -0.15) is 8.78 Å². The lowest BCUT2D eigenvalue weighted by atomic mass is 10.0. The van der Waals surface area contributed by atoms with Crippen molar-refractivity contribution in [3.63, 3.8) is 0 Å². The minimum atomic E-state index is -2.87. The highest BCUT2D eigenvalue weighted by atomic mass is 32.1. The quantitative estimate of drug-likeness (QED) is 0.0679. The van der Waals surface area contributed by atoms with Crippen molar-refractivity contribution in [3.05, 3.63) is 238 Å². The van der Waals surface area contributed by atoms with Crippen LogP contribution in [0.5, 0.6) is 5.75 Å². The summed E-state index contributed by atoms with van der Waals surface area (Å²) in [7, 11) is 0. The van der Waals surface area contributed by atoms with Gasteiger partial charge in [0, 0.05) is 58.0 Å². The fraction of sp³-hybridized carbons (Fsp3) is 0.244. The average Bonchev–Trinajstić information content (AvgIpc) is 1.66. The van der Waals surface area contributed by atoms with Crippen molar-refractivity contribution in [1.29, 1.82) is 0 Å². The molecule has 1 saturated carbocycles. The Morgan fingerprint density at radius 1 is 0.402 bits per heavy atom. The molecule has 3 aliphatic heterocycles. The van der Waals surface area contributed by atoms with Crippen molar-refractivity contribution in [2.45, 2.75) is 72.3 Å². The molecule has 0 bridgehead atoms. The van der Waals surface area contributed by atoms with E-state index in [2.05, 4.69) is 141 Å². The molecule has 0 spiro atoms. The normalized spacial score (nSPS) is 16.6. The Morgan fingerprint density at radius 3 is 1.03 bits per heavy atom. The van der Waals surface area contributed by atoms with Gasteiger partial charge in [-0.05, 0) is 155 Å². The van der Waals surface area contributed by atoms with E-state index in [-0.39, 0.29) is 69.3 Å². The van der Waals surface area contributed by atoms with Crippen LogP contribution in [0.1, 0.15) is 128 Å². The molecule has 4 atom stereocenters. The van der Waals surface area contributed by atoms with E-state index < -0.39 is 12.4 Å². The van der Waals surface area contributed by atoms with Crippen molar-refractivity contribution >= 4 is 133 Å². The van der Waals surface area contributed by atoms with Crippen molar-refractivity contribution < 1.29 is 55.2 Å². The molecule has 117 heavy (non-hydrogen) atoms. The molecule has 16 aromatic rings. The molecule has 4 fully saturated rings. The first-order chi connectivity index (χ1) is 57.0. The summed E-state index contributed by atoms with van der Waals surface area (Å²) in [5.41, 5.74) is 11.4. The van der Waals surface area contributed by atoms with Gasteiger partial charge in [0.15, 0.2) is 20.0 Å². The number of carbonyl (C=O) groups excluding carboxylic acids is 5. The number of halogens is 2. The van der Waals surface area contributed by atoms with Crippen molar-refractivity contribution in [3.8, 4) is 50.3 Å². The number of aromatic nitrogens is 12. The summed E-state index contributed by atoms with van der Waals surface area (Å²) in [5, 5.41) is 33.1. The molecule has 3 saturated heterocycles. The summed E-state index contributed by atoms with van der Waals surface area (Å²) in [6, 6.07) is 61.5. The number of rotatable bonds is 19. The van der Waals surface area contributed by atoms with Gasteiger partial charge in [-0.3, -0.25) is 24.0 Å². The number of alkyl halides is 2. The first kappa shape index (κ1) is 76.9. The fourth-order valence-corrected chi connectivity index (χ4v) is 18.0. The summed E-state index contributed by atoms with van der Waals surface area (Å²) in [6.07, 6.45) is 5.86. The first-order valence-corrected chi connectivity index (χ1v) is 41.4. The number of benzene rings is 8. The zero-order valence-corrected chi connectivity index (χ0v) is 66.4. The summed E-state index contributed by atoms with van der Waals surface area (Å²) >= 11 is 5.24. The van der Waals surface area contributed by atoms with Crippen molar-refractivity contribution in [2.75, 3.05) is 54.0 Å². The second-order valence-corrected chi connectivity index (χ2v) is 33.2. The lowest BCUT2D eigenvalue weighted by Crippen LogP contribution is -2.19. The van der Waals surface area contributed by atoms with Crippen molar-refractivity contribution in [2.24, 2.45) is 23.7 Å². The van der Waals surface area contributed by atoms with E-state index in [9.17, 15) is 32.8 Å². The zero-order valence-electron chi connectivity index (χ0n) is 63.2. The molecule has 8 aromatic heterocycles. The van der Waals surface area contributed by atoms with E-state index in [0.717, 1.165) is 151 Å². The molecule has 11 heterocycles. The number of Topliss-reactive ketones (excluding diaryl/α,β-unsaturated/α-hetero) is 1. The number of carbonyl (C=O) groups is 5. The van der Waals surface area contributed by atoms with E-state index >= 15 is 0 Å². The number of fused-ring (bicyclic) bond motifs is 4. The van der Waals surface area contributed by atoms with Crippen LogP contribution in [0.15, 0.2) is 206 Å². The van der Waals surface area contributed by atoms with Crippen LogP contribution in [0.2, 0.25) is 0 Å². The summed E-state index contributed by atoms with van der Waals surface area (Å²) in [6.45, 7) is 8.94. The van der Waals surface area contributed by atoms with Gasteiger partial charge >= 0.3 is 24.7 Å². The Bertz CT molecular complexity index is 5870. The Hall–Kier alpha value is -12.7. The number of ketones is 5. The number of hydrogen-bond donors (Lipinski definition) is 0. The van der Waals surface area contributed by atoms with Gasteiger partial charge in [0.05, 0.1) is 40.9 Å². The lowest BCUT2D eigenvalue weighted by molar-refractivity contribution is -0.120. The molecule has 31 heteroatoms. The van der Waals surface area contributed by atoms with Crippen LogP contribution in [0.25, 0.3) is 85.4 Å². The van der Waals surface area contributed by atoms with Crippen molar-refractivity contribution in [1.82, 2.24) is 60.7 Å². The fourth-order valence-electron chi connectivity index (χ4n) is 14.3. The largest absolute Gasteiger partial charge is 0.435 e. The second-order valence-electron chi connectivity index (χ2n) is 29.1. The first-order valence-electron chi connectivity index (χ1n) is 38.1. The third-order valence-electron chi connectivity index (χ3n) is 20.5. The molecule has 0 amide bonds. The Morgan fingerprint density at radius 2 is 0.718 bits per heavy atom. The number of anilines is 3.